The maximum absolute atomic E-state index is 13.5. The zero-order chi connectivity index (χ0) is 25.2. The van der Waals surface area contributed by atoms with Gasteiger partial charge in [-0.05, 0) is 35.4 Å². The number of fused-ring (bicyclic) bond motifs is 1. The number of aromatic nitrogens is 2. The molecule has 34 heavy (non-hydrogen) atoms. The van der Waals surface area contributed by atoms with E-state index in [9.17, 15) is 32.5 Å². The van der Waals surface area contributed by atoms with E-state index in [-0.39, 0.29) is 13.0 Å². The summed E-state index contributed by atoms with van der Waals surface area (Å²) in [5, 5.41) is 10.8. The van der Waals surface area contributed by atoms with E-state index in [1.807, 2.05) is 0 Å². The first-order valence-electron chi connectivity index (χ1n) is 9.44. The maximum atomic E-state index is 13.5. The first-order valence-corrected chi connectivity index (χ1v) is 9.81. The average molecular weight is 506 g/mol. The number of hydrogen-bond acceptors (Lipinski definition) is 7. The molecule has 0 spiro atoms. The van der Waals surface area contributed by atoms with Crippen molar-refractivity contribution in [1.29, 1.82) is 0 Å². The second-order valence-corrected chi connectivity index (χ2v) is 7.06. The van der Waals surface area contributed by atoms with E-state index < -0.39 is 57.0 Å². The number of methoxy groups -OCH3 is 2. The predicted octanol–water partition coefficient (Wildman–Crippen LogP) is 5.72. The normalized spacial score (nSPS) is 11.3. The fraction of sp³-hybridized carbons (Fsp3) is 0.300. The Hall–Kier alpha value is -3.61. The van der Waals surface area contributed by atoms with Gasteiger partial charge in [0, 0.05) is 12.0 Å². The van der Waals surface area contributed by atoms with Crippen molar-refractivity contribution in [3.8, 4) is 11.5 Å². The van der Waals surface area contributed by atoms with E-state index in [4.69, 9.17) is 25.8 Å². The summed E-state index contributed by atoms with van der Waals surface area (Å²) in [5.74, 6) is 0.927. The maximum Gasteiger partial charge on any atom is 0.420 e. The molecule has 1 aromatic heterocycles. The van der Waals surface area contributed by atoms with Gasteiger partial charge >= 0.3 is 11.8 Å². The third kappa shape index (κ3) is 4.69. The molecule has 0 atom stereocenters. The van der Waals surface area contributed by atoms with Gasteiger partial charge in [0.15, 0.2) is 17.0 Å². The molecule has 182 valence electrons. The van der Waals surface area contributed by atoms with Crippen molar-refractivity contribution in [3.05, 3.63) is 56.4 Å². The molecule has 0 fully saturated rings. The smallest absolute Gasteiger partial charge is 0.420 e. The molecule has 2 aromatic carbocycles. The molecule has 0 aliphatic rings. The second kappa shape index (κ2) is 10.1. The van der Waals surface area contributed by atoms with Gasteiger partial charge in [-0.1, -0.05) is 6.07 Å². The summed E-state index contributed by atoms with van der Waals surface area (Å²) in [4.78, 5) is 26.3. The minimum Gasteiger partial charge on any atom is -0.493 e. The molecular formula is C20H16ClF4N3O6. The van der Waals surface area contributed by atoms with Crippen LogP contribution in [-0.4, -0.2) is 41.4 Å². The highest BCUT2D eigenvalue weighted by Crippen LogP contribution is 2.42. The SMILES string of the molecule is COc1ccc(CCOC(=O)n2c(Cl)nc3c([N+](=O)[O-])c(C(F)F)c(C(F)F)cc32)cc1OC. The van der Waals surface area contributed by atoms with Crippen LogP contribution in [0.1, 0.15) is 29.5 Å². The fourth-order valence-corrected chi connectivity index (χ4v) is 3.57. The number of carbonyl (C=O) groups is 1. The highest BCUT2D eigenvalue weighted by atomic mass is 35.5. The number of nitro groups is 1. The van der Waals surface area contributed by atoms with Crippen molar-refractivity contribution >= 4 is 34.4 Å². The molecular weight excluding hydrogens is 490 g/mol. The number of benzene rings is 2. The minimum atomic E-state index is -3.59. The molecule has 0 aliphatic carbocycles. The van der Waals surface area contributed by atoms with E-state index in [2.05, 4.69) is 4.98 Å². The van der Waals surface area contributed by atoms with Crippen molar-refractivity contribution < 1.29 is 41.5 Å². The first-order chi connectivity index (χ1) is 16.1. The zero-order valence-corrected chi connectivity index (χ0v) is 18.3. The van der Waals surface area contributed by atoms with Crippen molar-refractivity contribution in [1.82, 2.24) is 9.55 Å². The fourth-order valence-electron chi connectivity index (χ4n) is 3.33. The first kappa shape index (κ1) is 25.0. The topological polar surface area (TPSA) is 106 Å². The highest BCUT2D eigenvalue weighted by Gasteiger charge is 2.35. The van der Waals surface area contributed by atoms with E-state index in [1.54, 1.807) is 18.2 Å². The Bertz CT molecular complexity index is 1250. The highest BCUT2D eigenvalue weighted by molar-refractivity contribution is 6.30. The van der Waals surface area contributed by atoms with Crippen LogP contribution in [0.3, 0.4) is 0 Å². The average Bonchev–Trinajstić information content (AvgIpc) is 3.12. The molecule has 0 radical (unpaired) electrons. The molecule has 0 bridgehead atoms. The van der Waals surface area contributed by atoms with E-state index in [1.165, 1.54) is 14.2 Å². The van der Waals surface area contributed by atoms with Crippen molar-refractivity contribution in [3.63, 3.8) is 0 Å². The molecule has 0 saturated heterocycles. The van der Waals surface area contributed by atoms with Crippen LogP contribution in [0.5, 0.6) is 11.5 Å². The summed E-state index contributed by atoms with van der Waals surface area (Å²) < 4.78 is 69.7. The second-order valence-electron chi connectivity index (χ2n) is 6.72. The third-order valence-electron chi connectivity index (χ3n) is 4.84. The van der Waals surface area contributed by atoms with Crippen LogP contribution >= 0.6 is 11.6 Å². The van der Waals surface area contributed by atoms with Gasteiger partial charge in [0.1, 0.15) is 5.56 Å². The Morgan fingerprint density at radius 3 is 2.38 bits per heavy atom. The summed E-state index contributed by atoms with van der Waals surface area (Å²) in [6.45, 7) is -0.205. The largest absolute Gasteiger partial charge is 0.493 e. The van der Waals surface area contributed by atoms with Crippen LogP contribution in [0, 0.1) is 10.1 Å². The molecule has 1 heterocycles. The molecule has 0 saturated carbocycles. The van der Waals surface area contributed by atoms with Gasteiger partial charge in [0.2, 0.25) is 5.28 Å². The van der Waals surface area contributed by atoms with E-state index in [0.29, 0.717) is 27.7 Å². The monoisotopic (exact) mass is 505 g/mol. The Kier molecular flexibility index (Phi) is 7.44. The molecule has 3 aromatic rings. The third-order valence-corrected chi connectivity index (χ3v) is 5.09. The van der Waals surface area contributed by atoms with Gasteiger partial charge in [-0.25, -0.2) is 31.9 Å². The van der Waals surface area contributed by atoms with Crippen molar-refractivity contribution in [2.75, 3.05) is 20.8 Å². The predicted molar refractivity (Wildman–Crippen MR) is 111 cm³/mol. The van der Waals surface area contributed by atoms with Gasteiger partial charge in [-0.3, -0.25) is 10.1 Å². The Balaban J connectivity index is 1.94. The number of halogens is 5. The number of nitro benzene ring substituents is 1. The summed E-state index contributed by atoms with van der Waals surface area (Å²) in [7, 11) is 2.91. The lowest BCUT2D eigenvalue weighted by Gasteiger charge is -2.12. The number of nitrogens with zero attached hydrogens (tertiary/aromatic N) is 3. The Morgan fingerprint density at radius 1 is 1.15 bits per heavy atom. The Morgan fingerprint density at radius 2 is 1.82 bits per heavy atom. The van der Waals surface area contributed by atoms with Crippen LogP contribution in [0.15, 0.2) is 24.3 Å². The van der Waals surface area contributed by atoms with Crippen molar-refractivity contribution in [2.24, 2.45) is 0 Å². The number of carbonyl (C=O) groups excluding carboxylic acids is 1. The lowest BCUT2D eigenvalue weighted by Crippen LogP contribution is -2.16. The van der Waals surface area contributed by atoms with E-state index in [0.717, 1.165) is 0 Å². The number of hydrogen-bond donors (Lipinski definition) is 0. The molecule has 3 rings (SSSR count). The molecule has 9 nitrogen and oxygen atoms in total. The lowest BCUT2D eigenvalue weighted by molar-refractivity contribution is -0.384. The van der Waals surface area contributed by atoms with Gasteiger partial charge in [0.05, 0.1) is 31.3 Å². The van der Waals surface area contributed by atoms with Crippen LogP contribution in [-0.2, 0) is 11.2 Å². The molecule has 0 unspecified atom stereocenters. The molecule has 0 amide bonds. The summed E-state index contributed by atoms with van der Waals surface area (Å²) >= 11 is 5.89. The summed E-state index contributed by atoms with van der Waals surface area (Å²) in [6, 6.07) is 5.50. The van der Waals surface area contributed by atoms with E-state index >= 15 is 0 Å². The minimum absolute atomic E-state index is 0.203. The van der Waals surface area contributed by atoms with Crippen LogP contribution in [0.2, 0.25) is 5.28 Å². The molecule has 14 heteroatoms. The van der Waals surface area contributed by atoms with Crippen LogP contribution < -0.4 is 9.47 Å². The quantitative estimate of drug-likeness (QED) is 0.219. The van der Waals surface area contributed by atoms with Gasteiger partial charge in [-0.2, -0.15) is 0 Å². The van der Waals surface area contributed by atoms with Gasteiger partial charge in [0.25, 0.3) is 12.9 Å². The standard InChI is InChI=1S/C20H16ClF4N3O6/c1-32-12-4-3-9(7-13(12)33-2)5-6-34-20(29)27-11-8-10(17(22)23)14(18(24)25)16(28(30)31)15(11)26-19(27)21/h3-4,7-8,17-18H,5-6H2,1-2H3. The zero-order valence-electron chi connectivity index (χ0n) is 17.6. The number of rotatable bonds is 8. The summed E-state index contributed by atoms with van der Waals surface area (Å²) in [6.07, 6.45) is -8.07. The molecule has 0 N–H and O–H groups in total. The Labute approximate surface area is 193 Å². The number of ether oxygens (including phenoxy) is 3. The van der Waals surface area contributed by atoms with Gasteiger partial charge in [-0.15, -0.1) is 0 Å². The van der Waals surface area contributed by atoms with Crippen molar-refractivity contribution in [2.45, 2.75) is 19.3 Å². The summed E-state index contributed by atoms with van der Waals surface area (Å²) in [5.41, 5.74) is -4.77. The van der Waals surface area contributed by atoms with Crippen LogP contribution in [0.25, 0.3) is 11.0 Å². The lowest BCUT2D eigenvalue weighted by atomic mass is 10.0. The number of imidazole rings is 1. The van der Waals surface area contributed by atoms with Gasteiger partial charge < -0.3 is 14.2 Å². The number of alkyl halides is 4. The van der Waals surface area contributed by atoms with Crippen LogP contribution in [0.4, 0.5) is 28.0 Å². The molecule has 0 aliphatic heterocycles.